The second kappa shape index (κ2) is 14.0. The minimum Gasteiger partial charge on any atom is -0.325 e. The van der Waals surface area contributed by atoms with Gasteiger partial charge in [0.15, 0.2) is 0 Å². The maximum atomic E-state index is 13.3. The molecule has 0 aliphatic rings. The normalized spacial score (nSPS) is 11.9. The molecule has 0 saturated heterocycles. The van der Waals surface area contributed by atoms with Gasteiger partial charge in [-0.15, -0.1) is 11.8 Å². The fourth-order valence-corrected chi connectivity index (χ4v) is 4.93. The van der Waals surface area contributed by atoms with Crippen molar-refractivity contribution in [1.29, 1.82) is 0 Å². The van der Waals surface area contributed by atoms with E-state index in [1.54, 1.807) is 67.6 Å². The Morgan fingerprint density at radius 2 is 1.49 bits per heavy atom. The van der Waals surface area contributed by atoms with Crippen molar-refractivity contribution in [3.05, 3.63) is 129 Å². The van der Waals surface area contributed by atoms with Gasteiger partial charge in [0.1, 0.15) is 5.70 Å². The largest absolute Gasteiger partial charge is 0.325 e. The molecule has 0 aliphatic carbocycles. The van der Waals surface area contributed by atoms with Crippen LogP contribution in [0.25, 0.3) is 6.08 Å². The molecule has 0 spiro atoms. The van der Waals surface area contributed by atoms with E-state index in [0.717, 1.165) is 16.0 Å². The summed E-state index contributed by atoms with van der Waals surface area (Å²) >= 11 is 13.3. The summed E-state index contributed by atoms with van der Waals surface area (Å²) in [6.45, 7) is 3.75. The summed E-state index contributed by atoms with van der Waals surface area (Å²) in [5.74, 6) is -1.05. The quantitative estimate of drug-likeness (QED) is 0.134. The van der Waals surface area contributed by atoms with E-state index in [1.807, 2.05) is 49.4 Å². The first-order valence-electron chi connectivity index (χ1n) is 12.7. The molecule has 0 bridgehead atoms. The molecule has 208 valence electrons. The highest BCUT2D eigenvalue weighted by molar-refractivity contribution is 8.00. The Kier molecular flexibility index (Phi) is 10.2. The number of aryl methyl sites for hydroxylation is 1. The third-order valence-electron chi connectivity index (χ3n) is 5.86. The van der Waals surface area contributed by atoms with E-state index in [2.05, 4.69) is 16.0 Å². The molecular weight excluding hydrogens is 577 g/mol. The lowest BCUT2D eigenvalue weighted by Gasteiger charge is -2.14. The first-order valence-corrected chi connectivity index (χ1v) is 14.3. The molecule has 1 atom stereocenters. The van der Waals surface area contributed by atoms with Gasteiger partial charge in [0.25, 0.3) is 11.8 Å². The van der Waals surface area contributed by atoms with Gasteiger partial charge in [-0.05, 0) is 80.1 Å². The van der Waals surface area contributed by atoms with Crippen molar-refractivity contribution in [2.45, 2.75) is 24.0 Å². The lowest BCUT2D eigenvalue weighted by Crippen LogP contribution is -2.30. The van der Waals surface area contributed by atoms with E-state index in [1.165, 1.54) is 11.8 Å². The Bertz CT molecular complexity index is 1590. The van der Waals surface area contributed by atoms with Crippen molar-refractivity contribution in [2.24, 2.45) is 0 Å². The molecule has 0 aromatic heterocycles. The molecule has 4 aromatic carbocycles. The summed E-state index contributed by atoms with van der Waals surface area (Å²) in [5, 5.41) is 8.79. The van der Waals surface area contributed by atoms with Crippen LogP contribution in [-0.4, -0.2) is 23.0 Å². The Morgan fingerprint density at radius 1 is 0.780 bits per heavy atom. The maximum absolute atomic E-state index is 13.3. The van der Waals surface area contributed by atoms with Gasteiger partial charge in [0, 0.05) is 21.8 Å². The summed E-state index contributed by atoms with van der Waals surface area (Å²) < 4.78 is 0. The van der Waals surface area contributed by atoms with E-state index in [4.69, 9.17) is 23.2 Å². The molecular formula is C32H27Cl2N3O3S. The van der Waals surface area contributed by atoms with Gasteiger partial charge in [-0.1, -0.05) is 71.2 Å². The van der Waals surface area contributed by atoms with Crippen LogP contribution in [-0.2, 0) is 9.59 Å². The number of nitrogens with one attached hydrogen (secondary N) is 3. The monoisotopic (exact) mass is 603 g/mol. The Hall–Kier alpha value is -4.04. The molecule has 1 unspecified atom stereocenters. The van der Waals surface area contributed by atoms with Crippen LogP contribution in [0, 0.1) is 6.92 Å². The smallest absolute Gasteiger partial charge is 0.272 e. The fourth-order valence-electron chi connectivity index (χ4n) is 3.76. The average molecular weight is 605 g/mol. The van der Waals surface area contributed by atoms with Crippen molar-refractivity contribution < 1.29 is 14.4 Å². The van der Waals surface area contributed by atoms with Gasteiger partial charge in [-0.2, -0.15) is 0 Å². The summed E-state index contributed by atoms with van der Waals surface area (Å²) in [7, 11) is 0. The van der Waals surface area contributed by atoms with Crippen molar-refractivity contribution >= 4 is 70.1 Å². The number of benzene rings is 4. The summed E-state index contributed by atoms with van der Waals surface area (Å²) in [5.41, 5.74) is 3.45. The number of thioether (sulfide) groups is 1. The Labute approximate surface area is 253 Å². The molecule has 41 heavy (non-hydrogen) atoms. The van der Waals surface area contributed by atoms with E-state index in [-0.39, 0.29) is 17.5 Å². The second-order valence-corrected chi connectivity index (χ2v) is 11.4. The minimum atomic E-state index is -0.467. The lowest BCUT2D eigenvalue weighted by molar-refractivity contribution is -0.115. The van der Waals surface area contributed by atoms with Gasteiger partial charge in [0.05, 0.1) is 15.3 Å². The number of hydrogen-bond acceptors (Lipinski definition) is 4. The summed E-state index contributed by atoms with van der Waals surface area (Å²) in [6.07, 6.45) is 1.64. The lowest BCUT2D eigenvalue weighted by atomic mass is 10.1. The van der Waals surface area contributed by atoms with Gasteiger partial charge in [-0.3, -0.25) is 14.4 Å². The fraction of sp³-hybridized carbons (Fsp3) is 0.0938. The molecule has 0 radical (unpaired) electrons. The molecule has 0 heterocycles. The first-order chi connectivity index (χ1) is 19.7. The molecule has 3 N–H and O–H groups in total. The zero-order valence-corrected chi connectivity index (χ0v) is 24.6. The predicted octanol–water partition coefficient (Wildman–Crippen LogP) is 7.83. The molecule has 0 aliphatic heterocycles. The number of anilines is 2. The third kappa shape index (κ3) is 8.72. The third-order valence-corrected chi connectivity index (χ3v) is 7.71. The van der Waals surface area contributed by atoms with Crippen molar-refractivity contribution in [1.82, 2.24) is 5.32 Å². The highest BCUT2D eigenvalue weighted by Crippen LogP contribution is 2.28. The zero-order valence-electron chi connectivity index (χ0n) is 22.3. The SMILES string of the molecule is Cc1cccc(/C=C(\NC(=O)c2ccccc2)C(=O)Nc2ccc(SC(C)C(=O)Nc3ccc(Cl)c(Cl)c3)cc2)c1. The van der Waals surface area contributed by atoms with Crippen LogP contribution in [0.15, 0.2) is 108 Å². The van der Waals surface area contributed by atoms with Crippen LogP contribution in [0.4, 0.5) is 11.4 Å². The van der Waals surface area contributed by atoms with Crippen LogP contribution in [0.2, 0.25) is 10.0 Å². The maximum Gasteiger partial charge on any atom is 0.272 e. The molecule has 4 aromatic rings. The highest BCUT2D eigenvalue weighted by atomic mass is 35.5. The van der Waals surface area contributed by atoms with Crippen LogP contribution in [0.3, 0.4) is 0 Å². The summed E-state index contributed by atoms with van der Waals surface area (Å²) in [6, 6.07) is 28.3. The predicted molar refractivity (Wildman–Crippen MR) is 169 cm³/mol. The number of amides is 3. The van der Waals surface area contributed by atoms with Gasteiger partial charge < -0.3 is 16.0 Å². The van der Waals surface area contributed by atoms with E-state index < -0.39 is 11.2 Å². The minimum absolute atomic E-state index is 0.107. The van der Waals surface area contributed by atoms with Crippen LogP contribution >= 0.6 is 35.0 Å². The topological polar surface area (TPSA) is 87.3 Å². The summed E-state index contributed by atoms with van der Waals surface area (Å²) in [4.78, 5) is 39.6. The van der Waals surface area contributed by atoms with E-state index in [9.17, 15) is 14.4 Å². The number of hydrogen-bond donors (Lipinski definition) is 3. The van der Waals surface area contributed by atoms with Gasteiger partial charge in [-0.25, -0.2) is 0 Å². The number of halogens is 2. The first kappa shape index (κ1) is 29.9. The molecule has 0 fully saturated rings. The molecule has 3 amide bonds. The van der Waals surface area contributed by atoms with Crippen LogP contribution in [0.1, 0.15) is 28.4 Å². The molecule has 4 rings (SSSR count). The van der Waals surface area contributed by atoms with Crippen LogP contribution < -0.4 is 16.0 Å². The average Bonchev–Trinajstić information content (AvgIpc) is 2.96. The molecule has 9 heteroatoms. The van der Waals surface area contributed by atoms with Crippen molar-refractivity contribution in [3.63, 3.8) is 0 Å². The number of carbonyl (C=O) groups is 3. The van der Waals surface area contributed by atoms with Crippen LogP contribution in [0.5, 0.6) is 0 Å². The van der Waals surface area contributed by atoms with Gasteiger partial charge >= 0.3 is 0 Å². The second-order valence-electron chi connectivity index (χ2n) is 9.15. The number of carbonyl (C=O) groups excluding carboxylic acids is 3. The van der Waals surface area contributed by atoms with E-state index in [0.29, 0.717) is 27.0 Å². The standard InChI is InChI=1S/C32H27Cl2N3O3S/c1-20-7-6-8-22(17-20)18-29(37-31(39)23-9-4-3-5-10-23)32(40)35-24-11-14-26(15-12-24)41-21(2)30(38)36-25-13-16-27(33)28(34)19-25/h3-19,21H,1-2H3,(H,35,40)(H,36,38)(H,37,39)/b29-18-. The Morgan fingerprint density at radius 3 is 2.17 bits per heavy atom. The zero-order chi connectivity index (χ0) is 29.4. The number of rotatable bonds is 9. The van der Waals surface area contributed by atoms with Gasteiger partial charge in [0.2, 0.25) is 5.91 Å². The van der Waals surface area contributed by atoms with Crippen molar-refractivity contribution in [2.75, 3.05) is 10.6 Å². The Balaban J connectivity index is 1.42. The van der Waals surface area contributed by atoms with Crippen molar-refractivity contribution in [3.8, 4) is 0 Å². The molecule has 0 saturated carbocycles. The van der Waals surface area contributed by atoms with E-state index >= 15 is 0 Å². The highest BCUT2D eigenvalue weighted by Gasteiger charge is 2.17. The molecule has 6 nitrogen and oxygen atoms in total.